The third kappa shape index (κ3) is 2.88. The highest BCUT2D eigenvalue weighted by Gasteiger charge is 2.51. The van der Waals surface area contributed by atoms with E-state index >= 15 is 0 Å². The first-order valence-corrected chi connectivity index (χ1v) is 8.21. The van der Waals surface area contributed by atoms with Crippen LogP contribution >= 0.6 is 0 Å². The van der Waals surface area contributed by atoms with Crippen LogP contribution < -0.4 is 0 Å². The Morgan fingerprint density at radius 1 is 1.15 bits per heavy atom. The third-order valence-corrected chi connectivity index (χ3v) is 5.74. The molecule has 4 aliphatic carbocycles. The number of nitrogens with zero attached hydrogens (tertiary/aromatic N) is 1. The molecule has 4 saturated carbocycles. The van der Waals surface area contributed by atoms with Crippen LogP contribution in [0.1, 0.15) is 58.8 Å². The van der Waals surface area contributed by atoms with Crippen molar-refractivity contribution in [3.8, 4) is 0 Å². The van der Waals surface area contributed by atoms with Crippen molar-refractivity contribution in [2.75, 3.05) is 13.6 Å². The van der Waals surface area contributed by atoms with Crippen LogP contribution in [-0.2, 0) is 4.79 Å². The van der Waals surface area contributed by atoms with Crippen molar-refractivity contribution in [1.82, 2.24) is 4.90 Å². The van der Waals surface area contributed by atoms with Gasteiger partial charge in [-0.05, 0) is 75.5 Å². The van der Waals surface area contributed by atoms with Crippen LogP contribution in [-0.4, -0.2) is 35.1 Å². The smallest absolute Gasteiger partial charge is 0.222 e. The molecule has 4 fully saturated rings. The quantitative estimate of drug-likeness (QED) is 0.859. The van der Waals surface area contributed by atoms with Crippen LogP contribution in [0, 0.1) is 23.2 Å². The van der Waals surface area contributed by atoms with Crippen LogP contribution in [0.3, 0.4) is 0 Å². The molecule has 0 radical (unpaired) electrons. The Balaban J connectivity index is 1.64. The predicted octanol–water partition coefficient (Wildman–Crippen LogP) is 2.82. The molecule has 0 aliphatic heterocycles. The Kier molecular flexibility index (Phi) is 3.39. The lowest BCUT2D eigenvalue weighted by atomic mass is 9.49. The van der Waals surface area contributed by atoms with E-state index in [2.05, 4.69) is 0 Å². The fourth-order valence-corrected chi connectivity index (χ4v) is 5.63. The molecule has 3 nitrogen and oxygen atoms in total. The normalized spacial score (nSPS) is 39.1. The van der Waals surface area contributed by atoms with Gasteiger partial charge in [-0.3, -0.25) is 4.79 Å². The fraction of sp³-hybridized carbons (Fsp3) is 0.941. The molecule has 0 spiro atoms. The highest BCUT2D eigenvalue weighted by molar-refractivity contribution is 5.76. The summed E-state index contributed by atoms with van der Waals surface area (Å²) in [7, 11) is 1.83. The zero-order valence-electron chi connectivity index (χ0n) is 13.2. The summed E-state index contributed by atoms with van der Waals surface area (Å²) >= 11 is 0. The zero-order valence-corrected chi connectivity index (χ0v) is 13.2. The van der Waals surface area contributed by atoms with Gasteiger partial charge in [-0.15, -0.1) is 0 Å². The molecule has 0 aromatic rings. The van der Waals surface area contributed by atoms with Crippen LogP contribution in [0.15, 0.2) is 0 Å². The lowest BCUT2D eigenvalue weighted by Crippen LogP contribution is -2.49. The number of hydrogen-bond acceptors (Lipinski definition) is 2. The monoisotopic (exact) mass is 279 g/mol. The predicted molar refractivity (Wildman–Crippen MR) is 79.2 cm³/mol. The summed E-state index contributed by atoms with van der Waals surface area (Å²) in [5.74, 6) is 2.92. The molecule has 4 bridgehead atoms. The molecule has 4 aliphatic rings. The van der Waals surface area contributed by atoms with E-state index in [0.717, 1.165) is 17.8 Å². The van der Waals surface area contributed by atoms with Gasteiger partial charge >= 0.3 is 0 Å². The van der Waals surface area contributed by atoms with Crippen molar-refractivity contribution in [2.24, 2.45) is 23.2 Å². The number of likely N-dealkylation sites (N-methyl/N-ethyl adjacent to an activating group) is 1. The van der Waals surface area contributed by atoms with E-state index in [9.17, 15) is 9.90 Å². The van der Waals surface area contributed by atoms with E-state index in [1.165, 1.54) is 38.5 Å². The molecule has 1 amide bonds. The Labute approximate surface area is 122 Å². The van der Waals surface area contributed by atoms with Gasteiger partial charge in [0.05, 0.1) is 5.60 Å². The Hall–Kier alpha value is -0.570. The highest BCUT2D eigenvalue weighted by atomic mass is 16.3. The average molecular weight is 279 g/mol. The minimum Gasteiger partial charge on any atom is -0.389 e. The minimum atomic E-state index is -0.800. The van der Waals surface area contributed by atoms with Gasteiger partial charge in [0.15, 0.2) is 0 Å². The van der Waals surface area contributed by atoms with Gasteiger partial charge in [-0.1, -0.05) is 0 Å². The number of carbonyl (C=O) groups excluding carboxylic acids is 1. The highest BCUT2D eigenvalue weighted by Crippen LogP contribution is 2.61. The molecule has 1 N–H and O–H groups in total. The molecule has 0 atom stereocenters. The Bertz CT molecular complexity index is 361. The molecular formula is C17H29NO2. The first-order chi connectivity index (χ1) is 9.25. The van der Waals surface area contributed by atoms with Crippen LogP contribution in [0.2, 0.25) is 0 Å². The Morgan fingerprint density at radius 3 is 2.00 bits per heavy atom. The molecule has 0 unspecified atom stereocenters. The lowest BCUT2D eigenvalue weighted by Gasteiger charge is -2.57. The summed E-state index contributed by atoms with van der Waals surface area (Å²) in [6, 6.07) is 0. The SMILES string of the molecule is CN(CC(C)(C)O)C(=O)CC12CC3CC(CC(C3)C1)C2. The lowest BCUT2D eigenvalue weighted by molar-refractivity contribution is -0.140. The first kappa shape index (κ1) is 14.4. The standard InChI is InChI=1S/C17H29NO2/c1-16(2,20)11-18(3)15(19)10-17-7-12-4-13(8-17)6-14(5-12)9-17/h12-14,20H,4-11H2,1-3H3. The zero-order chi connectivity index (χ0) is 14.5. The number of rotatable bonds is 4. The third-order valence-electron chi connectivity index (χ3n) is 5.74. The number of amides is 1. The van der Waals surface area contributed by atoms with Crippen molar-refractivity contribution in [1.29, 1.82) is 0 Å². The summed E-state index contributed by atoms with van der Waals surface area (Å²) < 4.78 is 0. The van der Waals surface area contributed by atoms with Crippen LogP contribution in [0.4, 0.5) is 0 Å². The second-order valence-electron chi connectivity index (χ2n) is 8.66. The molecule has 114 valence electrons. The molecular weight excluding hydrogens is 250 g/mol. The number of hydrogen-bond donors (Lipinski definition) is 1. The van der Waals surface area contributed by atoms with E-state index in [0.29, 0.717) is 18.4 Å². The molecule has 0 aromatic heterocycles. The van der Waals surface area contributed by atoms with E-state index < -0.39 is 5.60 Å². The van der Waals surface area contributed by atoms with Gasteiger partial charge in [-0.2, -0.15) is 0 Å². The minimum absolute atomic E-state index is 0.231. The second-order valence-corrected chi connectivity index (χ2v) is 8.66. The van der Waals surface area contributed by atoms with Crippen molar-refractivity contribution in [2.45, 2.75) is 64.4 Å². The van der Waals surface area contributed by atoms with Gasteiger partial charge in [0.2, 0.25) is 5.91 Å². The van der Waals surface area contributed by atoms with E-state index in [1.807, 2.05) is 7.05 Å². The molecule has 3 heteroatoms. The molecule has 4 rings (SSSR count). The van der Waals surface area contributed by atoms with Gasteiger partial charge in [0.1, 0.15) is 0 Å². The maximum atomic E-state index is 12.5. The molecule has 0 heterocycles. The number of aliphatic hydroxyl groups is 1. The van der Waals surface area contributed by atoms with Crippen molar-refractivity contribution in [3.05, 3.63) is 0 Å². The summed E-state index contributed by atoms with van der Waals surface area (Å²) in [6.45, 7) is 3.96. The molecule has 0 saturated heterocycles. The summed E-state index contributed by atoms with van der Waals surface area (Å²) in [5.41, 5.74) is -0.494. The maximum absolute atomic E-state index is 12.5. The summed E-state index contributed by atoms with van der Waals surface area (Å²) in [5, 5.41) is 9.87. The first-order valence-electron chi connectivity index (χ1n) is 8.21. The van der Waals surface area contributed by atoms with Gasteiger partial charge in [0.25, 0.3) is 0 Å². The number of carbonyl (C=O) groups is 1. The van der Waals surface area contributed by atoms with Crippen LogP contribution in [0.5, 0.6) is 0 Å². The van der Waals surface area contributed by atoms with Crippen molar-refractivity contribution >= 4 is 5.91 Å². The van der Waals surface area contributed by atoms with Crippen molar-refractivity contribution < 1.29 is 9.90 Å². The largest absolute Gasteiger partial charge is 0.389 e. The topological polar surface area (TPSA) is 40.5 Å². The molecule has 0 aromatic carbocycles. The molecule has 20 heavy (non-hydrogen) atoms. The Morgan fingerprint density at radius 2 is 1.60 bits per heavy atom. The van der Waals surface area contributed by atoms with E-state index in [1.54, 1.807) is 18.7 Å². The summed E-state index contributed by atoms with van der Waals surface area (Å²) in [4.78, 5) is 14.3. The fourth-order valence-electron chi connectivity index (χ4n) is 5.63. The van der Waals surface area contributed by atoms with Gasteiger partial charge < -0.3 is 10.0 Å². The van der Waals surface area contributed by atoms with E-state index in [-0.39, 0.29) is 5.91 Å². The second kappa shape index (κ2) is 4.72. The summed E-state index contributed by atoms with van der Waals surface area (Å²) in [6.07, 6.45) is 8.82. The average Bonchev–Trinajstić information content (AvgIpc) is 2.23. The maximum Gasteiger partial charge on any atom is 0.222 e. The van der Waals surface area contributed by atoms with Gasteiger partial charge in [0, 0.05) is 20.0 Å². The van der Waals surface area contributed by atoms with Crippen LogP contribution in [0.25, 0.3) is 0 Å². The van der Waals surface area contributed by atoms with Crippen molar-refractivity contribution in [3.63, 3.8) is 0 Å². The van der Waals surface area contributed by atoms with Gasteiger partial charge in [-0.25, -0.2) is 0 Å². The van der Waals surface area contributed by atoms with E-state index in [4.69, 9.17) is 0 Å².